The lowest BCUT2D eigenvalue weighted by atomic mass is 9.93. The van der Waals surface area contributed by atoms with Crippen LogP contribution in [-0.2, 0) is 4.74 Å². The van der Waals surface area contributed by atoms with Gasteiger partial charge in [0.2, 0.25) is 0 Å². The summed E-state index contributed by atoms with van der Waals surface area (Å²) in [7, 11) is 0. The number of aromatic nitrogens is 1. The van der Waals surface area contributed by atoms with Crippen LogP contribution in [0.1, 0.15) is 56.8 Å². The summed E-state index contributed by atoms with van der Waals surface area (Å²) in [5.41, 5.74) is 0.985. The second kappa shape index (κ2) is 9.64. The number of halogens is 1. The number of esters is 1. The molecule has 1 aromatic rings. The highest BCUT2D eigenvalue weighted by atomic mass is 35.5. The second-order valence-corrected chi connectivity index (χ2v) is 5.32. The minimum Gasteiger partial charge on any atom is -0.462 e. The van der Waals surface area contributed by atoms with Crippen LogP contribution in [0.2, 0.25) is 5.15 Å². The maximum atomic E-state index is 11.9. The van der Waals surface area contributed by atoms with Crippen LogP contribution in [0.4, 0.5) is 5.69 Å². The van der Waals surface area contributed by atoms with E-state index in [1.54, 1.807) is 13.0 Å². The van der Waals surface area contributed by atoms with Gasteiger partial charge in [-0.1, -0.05) is 25.4 Å². The SMILES string of the molecule is CC.CCOC(=O)c1cnc(Cl)cc1NC1CCCC(O)C1. The number of carbonyl (C=O) groups excluding carboxylic acids is 1. The van der Waals surface area contributed by atoms with Crippen LogP contribution >= 0.6 is 11.6 Å². The van der Waals surface area contributed by atoms with Gasteiger partial charge in [-0.25, -0.2) is 9.78 Å². The van der Waals surface area contributed by atoms with Crippen LogP contribution in [-0.4, -0.2) is 34.8 Å². The monoisotopic (exact) mass is 328 g/mol. The maximum absolute atomic E-state index is 11.9. The highest BCUT2D eigenvalue weighted by Crippen LogP contribution is 2.26. The Morgan fingerprint density at radius 3 is 2.86 bits per heavy atom. The third-order valence-corrected chi connectivity index (χ3v) is 3.58. The minimum atomic E-state index is -0.421. The molecule has 6 heteroatoms. The summed E-state index contributed by atoms with van der Waals surface area (Å²) in [6.07, 6.45) is 4.56. The first-order valence-corrected chi connectivity index (χ1v) is 8.25. The summed E-state index contributed by atoms with van der Waals surface area (Å²) in [6.45, 7) is 6.06. The number of hydrogen-bond donors (Lipinski definition) is 2. The van der Waals surface area contributed by atoms with Gasteiger partial charge < -0.3 is 15.2 Å². The van der Waals surface area contributed by atoms with E-state index in [-0.39, 0.29) is 12.1 Å². The summed E-state index contributed by atoms with van der Waals surface area (Å²) >= 11 is 5.89. The normalized spacial score (nSPS) is 20.6. The van der Waals surface area contributed by atoms with Crippen LogP contribution < -0.4 is 5.32 Å². The average Bonchev–Trinajstić information content (AvgIpc) is 2.49. The largest absolute Gasteiger partial charge is 0.462 e. The summed E-state index contributed by atoms with van der Waals surface area (Å²) in [6, 6.07) is 1.75. The summed E-state index contributed by atoms with van der Waals surface area (Å²) in [5.74, 6) is -0.421. The average molecular weight is 329 g/mol. The van der Waals surface area contributed by atoms with E-state index < -0.39 is 5.97 Å². The van der Waals surface area contributed by atoms with Crippen LogP contribution in [0.25, 0.3) is 0 Å². The van der Waals surface area contributed by atoms with Crippen molar-refractivity contribution >= 4 is 23.3 Å². The quantitative estimate of drug-likeness (QED) is 0.652. The fourth-order valence-electron chi connectivity index (χ4n) is 2.44. The van der Waals surface area contributed by atoms with E-state index in [0.717, 1.165) is 19.3 Å². The van der Waals surface area contributed by atoms with E-state index >= 15 is 0 Å². The molecule has 0 amide bonds. The molecule has 0 aliphatic heterocycles. The highest BCUT2D eigenvalue weighted by Gasteiger charge is 2.22. The van der Waals surface area contributed by atoms with Crippen molar-refractivity contribution < 1.29 is 14.6 Å². The van der Waals surface area contributed by atoms with E-state index in [0.29, 0.717) is 29.4 Å². The molecule has 1 fully saturated rings. The molecule has 124 valence electrons. The molecule has 2 rings (SSSR count). The van der Waals surface area contributed by atoms with Gasteiger partial charge in [-0.2, -0.15) is 0 Å². The zero-order valence-corrected chi connectivity index (χ0v) is 14.2. The number of carbonyl (C=O) groups is 1. The Morgan fingerprint density at radius 2 is 2.23 bits per heavy atom. The van der Waals surface area contributed by atoms with Crippen molar-refractivity contribution in [2.24, 2.45) is 0 Å². The molecule has 1 aromatic heterocycles. The number of hydrogen-bond acceptors (Lipinski definition) is 5. The number of nitrogens with zero attached hydrogens (tertiary/aromatic N) is 1. The molecule has 2 unspecified atom stereocenters. The fourth-order valence-corrected chi connectivity index (χ4v) is 2.59. The molecule has 5 nitrogen and oxygen atoms in total. The zero-order valence-electron chi connectivity index (χ0n) is 13.4. The van der Waals surface area contributed by atoms with E-state index in [9.17, 15) is 9.90 Å². The van der Waals surface area contributed by atoms with E-state index in [1.165, 1.54) is 6.20 Å². The summed E-state index contributed by atoms with van der Waals surface area (Å²) in [4.78, 5) is 15.8. The molecule has 1 heterocycles. The standard InChI is InChI=1S/C14H19ClN2O3.C2H6/c1-2-20-14(19)11-8-16-13(15)7-12(11)17-9-4-3-5-10(18)6-9;1-2/h7-10,18H,2-6H2,1H3,(H,16,17);1-2H3. The molecular formula is C16H25ClN2O3. The summed E-state index contributed by atoms with van der Waals surface area (Å²) < 4.78 is 5.01. The molecule has 0 spiro atoms. The Morgan fingerprint density at radius 1 is 1.50 bits per heavy atom. The Bertz CT molecular complexity index is 482. The van der Waals surface area contributed by atoms with Crippen LogP contribution in [0, 0.1) is 0 Å². The van der Waals surface area contributed by atoms with Crippen molar-refractivity contribution in [3.05, 3.63) is 23.0 Å². The molecule has 0 radical (unpaired) electrons. The molecule has 22 heavy (non-hydrogen) atoms. The van der Waals surface area contributed by atoms with Gasteiger partial charge in [-0.05, 0) is 38.7 Å². The Balaban J connectivity index is 0.00000116. The lowest BCUT2D eigenvalue weighted by Crippen LogP contribution is -2.30. The molecule has 0 saturated heterocycles. The Kier molecular flexibility index (Phi) is 8.20. The first-order chi connectivity index (χ1) is 10.6. The lowest BCUT2D eigenvalue weighted by molar-refractivity contribution is 0.0527. The van der Waals surface area contributed by atoms with Crippen LogP contribution in [0.15, 0.2) is 12.3 Å². The van der Waals surface area contributed by atoms with Crippen molar-refractivity contribution in [1.29, 1.82) is 0 Å². The van der Waals surface area contributed by atoms with Gasteiger partial charge in [0.1, 0.15) is 10.7 Å². The van der Waals surface area contributed by atoms with Gasteiger partial charge in [0.15, 0.2) is 0 Å². The number of nitrogens with one attached hydrogen (secondary N) is 1. The second-order valence-electron chi connectivity index (χ2n) is 4.93. The van der Waals surface area contributed by atoms with Crippen molar-refractivity contribution in [3.8, 4) is 0 Å². The van der Waals surface area contributed by atoms with E-state index in [2.05, 4.69) is 10.3 Å². The minimum absolute atomic E-state index is 0.130. The molecule has 0 aromatic carbocycles. The van der Waals surface area contributed by atoms with Gasteiger partial charge in [0, 0.05) is 12.2 Å². The third kappa shape index (κ3) is 5.46. The Hall–Kier alpha value is -1.33. The first-order valence-electron chi connectivity index (χ1n) is 7.87. The molecular weight excluding hydrogens is 304 g/mol. The van der Waals surface area contributed by atoms with Crippen LogP contribution in [0.5, 0.6) is 0 Å². The maximum Gasteiger partial charge on any atom is 0.341 e. The van der Waals surface area contributed by atoms with Crippen molar-refractivity contribution in [3.63, 3.8) is 0 Å². The number of pyridine rings is 1. The zero-order chi connectivity index (χ0) is 16.5. The van der Waals surface area contributed by atoms with Crippen molar-refractivity contribution in [2.75, 3.05) is 11.9 Å². The van der Waals surface area contributed by atoms with Gasteiger partial charge in [-0.15, -0.1) is 0 Å². The summed E-state index contributed by atoms with van der Waals surface area (Å²) in [5, 5.41) is 13.3. The number of anilines is 1. The topological polar surface area (TPSA) is 71.5 Å². The van der Waals surface area contributed by atoms with E-state index in [1.807, 2.05) is 13.8 Å². The lowest BCUT2D eigenvalue weighted by Gasteiger charge is -2.28. The first kappa shape index (κ1) is 18.7. The van der Waals surface area contributed by atoms with Crippen LogP contribution in [0.3, 0.4) is 0 Å². The van der Waals surface area contributed by atoms with Gasteiger partial charge in [0.25, 0.3) is 0 Å². The predicted molar refractivity (Wildman–Crippen MR) is 88.4 cm³/mol. The third-order valence-electron chi connectivity index (χ3n) is 3.37. The molecule has 1 saturated carbocycles. The Labute approximate surface area is 137 Å². The van der Waals surface area contributed by atoms with Gasteiger partial charge >= 0.3 is 5.97 Å². The predicted octanol–water partition coefficient (Wildman–Crippen LogP) is 3.65. The smallest absolute Gasteiger partial charge is 0.341 e. The van der Waals surface area contributed by atoms with Gasteiger partial charge in [-0.3, -0.25) is 0 Å². The molecule has 2 N–H and O–H groups in total. The number of aliphatic hydroxyl groups is 1. The number of aliphatic hydroxyl groups excluding tert-OH is 1. The fraction of sp³-hybridized carbons (Fsp3) is 0.625. The number of rotatable bonds is 4. The molecule has 1 aliphatic carbocycles. The van der Waals surface area contributed by atoms with Gasteiger partial charge in [0.05, 0.1) is 18.4 Å². The van der Waals surface area contributed by atoms with Crippen molar-refractivity contribution in [2.45, 2.75) is 58.6 Å². The van der Waals surface area contributed by atoms with E-state index in [4.69, 9.17) is 16.3 Å². The highest BCUT2D eigenvalue weighted by molar-refractivity contribution is 6.29. The molecule has 1 aliphatic rings. The number of ether oxygens (including phenoxy) is 1. The van der Waals surface area contributed by atoms with Crippen molar-refractivity contribution in [1.82, 2.24) is 4.98 Å². The molecule has 2 atom stereocenters. The molecule has 0 bridgehead atoms.